The summed E-state index contributed by atoms with van der Waals surface area (Å²) in [5, 5.41) is 30.9. The van der Waals surface area contributed by atoms with Crippen molar-refractivity contribution in [2.75, 3.05) is 6.61 Å². The molecule has 6 heteroatoms. The summed E-state index contributed by atoms with van der Waals surface area (Å²) in [6.07, 6.45) is 5.95. The fourth-order valence-electron chi connectivity index (χ4n) is 2.86. The van der Waals surface area contributed by atoms with Gasteiger partial charge < -0.3 is 24.5 Å². The molecule has 6 nitrogen and oxygen atoms in total. The highest BCUT2D eigenvalue weighted by Gasteiger charge is 2.27. The maximum Gasteiger partial charge on any atom is 0.336 e. The van der Waals surface area contributed by atoms with Crippen LogP contribution in [0.5, 0.6) is 5.75 Å². The lowest BCUT2D eigenvalue weighted by atomic mass is 9.91. The third-order valence-electron chi connectivity index (χ3n) is 4.93. The summed E-state index contributed by atoms with van der Waals surface area (Å²) in [5.74, 6) is 0.616. The summed E-state index contributed by atoms with van der Waals surface area (Å²) in [4.78, 5) is 11.3. The standard InChI is InChI=1S/C24H32O6/c1-17(6-5-13-24(4,28)14-11-21(25)23(2,3)27)12-15-29-19-9-7-18-8-10-22(26)30-20(18)16-19/h5,7-10,12-13,16,21,25,27-28H,6,11,14-15H2,1-4H3/b13-5+,17-12+/t21-,24-/m0/s1. The average molecular weight is 417 g/mol. The highest BCUT2D eigenvalue weighted by Crippen LogP contribution is 2.21. The van der Waals surface area contributed by atoms with Gasteiger partial charge in [0.05, 0.1) is 17.3 Å². The van der Waals surface area contributed by atoms with E-state index in [2.05, 4.69) is 0 Å². The highest BCUT2D eigenvalue weighted by atomic mass is 16.5. The molecule has 0 spiro atoms. The summed E-state index contributed by atoms with van der Waals surface area (Å²) in [5.41, 5.74) is -1.08. The van der Waals surface area contributed by atoms with Crippen LogP contribution in [0.2, 0.25) is 0 Å². The van der Waals surface area contributed by atoms with Gasteiger partial charge >= 0.3 is 5.63 Å². The zero-order valence-electron chi connectivity index (χ0n) is 18.1. The number of ether oxygens (including phenoxy) is 1. The molecular weight excluding hydrogens is 384 g/mol. The molecule has 0 radical (unpaired) electrons. The summed E-state index contributed by atoms with van der Waals surface area (Å²) < 4.78 is 10.9. The van der Waals surface area contributed by atoms with Crippen molar-refractivity contribution in [2.24, 2.45) is 0 Å². The van der Waals surface area contributed by atoms with E-state index in [1.807, 2.05) is 31.2 Å². The minimum absolute atomic E-state index is 0.301. The third-order valence-corrected chi connectivity index (χ3v) is 4.93. The molecule has 0 aliphatic carbocycles. The van der Waals surface area contributed by atoms with Crippen LogP contribution in [0, 0.1) is 0 Å². The number of aliphatic hydroxyl groups is 3. The Labute approximate surface area is 177 Å². The monoisotopic (exact) mass is 416 g/mol. The Morgan fingerprint density at radius 3 is 2.60 bits per heavy atom. The number of hydrogen-bond acceptors (Lipinski definition) is 6. The van der Waals surface area contributed by atoms with E-state index in [-0.39, 0.29) is 0 Å². The van der Waals surface area contributed by atoms with Crippen LogP contribution < -0.4 is 10.4 Å². The van der Waals surface area contributed by atoms with E-state index in [0.29, 0.717) is 37.2 Å². The van der Waals surface area contributed by atoms with E-state index < -0.39 is 22.9 Å². The van der Waals surface area contributed by atoms with E-state index in [1.165, 1.54) is 6.07 Å². The van der Waals surface area contributed by atoms with E-state index in [0.717, 1.165) is 11.0 Å². The molecule has 30 heavy (non-hydrogen) atoms. The van der Waals surface area contributed by atoms with Crippen LogP contribution in [0.4, 0.5) is 0 Å². The predicted molar refractivity (Wildman–Crippen MR) is 118 cm³/mol. The van der Waals surface area contributed by atoms with Gasteiger partial charge in [-0.1, -0.05) is 17.7 Å². The normalized spacial score (nSPS) is 16.0. The molecule has 0 saturated heterocycles. The molecule has 3 N–H and O–H groups in total. The zero-order chi connectivity index (χ0) is 22.4. The predicted octanol–water partition coefficient (Wildman–Crippen LogP) is 3.73. The van der Waals surface area contributed by atoms with Gasteiger partial charge in [-0.3, -0.25) is 0 Å². The second-order valence-electron chi connectivity index (χ2n) is 8.49. The highest BCUT2D eigenvalue weighted by molar-refractivity contribution is 5.77. The van der Waals surface area contributed by atoms with Crippen molar-refractivity contribution in [3.05, 3.63) is 64.6 Å². The van der Waals surface area contributed by atoms with Gasteiger partial charge in [-0.25, -0.2) is 4.79 Å². The second kappa shape index (κ2) is 10.1. The number of allylic oxidation sites excluding steroid dienone is 2. The molecule has 2 rings (SSSR count). The van der Waals surface area contributed by atoms with Crippen LogP contribution in [-0.2, 0) is 0 Å². The molecule has 0 aliphatic heterocycles. The fourth-order valence-corrected chi connectivity index (χ4v) is 2.86. The van der Waals surface area contributed by atoms with Gasteiger partial charge in [-0.2, -0.15) is 0 Å². The number of fused-ring (bicyclic) bond motifs is 1. The Hall–Kier alpha value is -2.41. The van der Waals surface area contributed by atoms with E-state index in [9.17, 15) is 20.1 Å². The van der Waals surface area contributed by atoms with Gasteiger partial charge in [-0.15, -0.1) is 0 Å². The Morgan fingerprint density at radius 2 is 1.90 bits per heavy atom. The first kappa shape index (κ1) is 23.9. The van der Waals surface area contributed by atoms with Gasteiger partial charge in [0.15, 0.2) is 0 Å². The molecule has 0 unspecified atom stereocenters. The number of benzene rings is 1. The van der Waals surface area contributed by atoms with Crippen molar-refractivity contribution in [3.63, 3.8) is 0 Å². The van der Waals surface area contributed by atoms with Crippen LogP contribution in [0.3, 0.4) is 0 Å². The molecule has 0 amide bonds. The van der Waals surface area contributed by atoms with Gasteiger partial charge in [0, 0.05) is 17.5 Å². The van der Waals surface area contributed by atoms with Gasteiger partial charge in [0.2, 0.25) is 0 Å². The summed E-state index contributed by atoms with van der Waals surface area (Å²) in [6.45, 7) is 7.12. The largest absolute Gasteiger partial charge is 0.489 e. The molecule has 164 valence electrons. The minimum atomic E-state index is -1.18. The zero-order valence-corrected chi connectivity index (χ0v) is 18.1. The van der Waals surface area contributed by atoms with Gasteiger partial charge in [-0.05, 0) is 71.2 Å². The van der Waals surface area contributed by atoms with Crippen molar-refractivity contribution in [3.8, 4) is 5.75 Å². The first-order valence-electron chi connectivity index (χ1n) is 10.1. The summed E-state index contributed by atoms with van der Waals surface area (Å²) in [6, 6.07) is 8.45. The number of hydrogen-bond donors (Lipinski definition) is 3. The van der Waals surface area contributed by atoms with Crippen molar-refractivity contribution >= 4 is 11.0 Å². The van der Waals surface area contributed by atoms with E-state index in [4.69, 9.17) is 9.15 Å². The molecule has 2 atom stereocenters. The van der Waals surface area contributed by atoms with E-state index in [1.54, 1.807) is 39.0 Å². The van der Waals surface area contributed by atoms with E-state index >= 15 is 0 Å². The molecule has 0 fully saturated rings. The maximum absolute atomic E-state index is 11.3. The van der Waals surface area contributed by atoms with Crippen molar-refractivity contribution in [2.45, 2.75) is 64.3 Å². The van der Waals surface area contributed by atoms with Crippen molar-refractivity contribution in [1.29, 1.82) is 0 Å². The molecule has 1 aromatic heterocycles. The topological polar surface area (TPSA) is 100 Å². The molecular formula is C24H32O6. The number of rotatable bonds is 10. The first-order valence-corrected chi connectivity index (χ1v) is 10.1. The van der Waals surface area contributed by atoms with Crippen LogP contribution in [0.15, 0.2) is 63.3 Å². The summed E-state index contributed by atoms with van der Waals surface area (Å²) >= 11 is 0. The van der Waals surface area contributed by atoms with Crippen LogP contribution in [0.1, 0.15) is 47.0 Å². The molecule has 1 heterocycles. The van der Waals surface area contributed by atoms with Crippen LogP contribution in [0.25, 0.3) is 11.0 Å². The van der Waals surface area contributed by atoms with Gasteiger partial charge in [0.1, 0.15) is 17.9 Å². The van der Waals surface area contributed by atoms with Crippen LogP contribution in [-0.4, -0.2) is 39.2 Å². The molecule has 2 aromatic rings. The second-order valence-corrected chi connectivity index (χ2v) is 8.49. The Bertz CT molecular complexity index is 946. The third kappa shape index (κ3) is 7.78. The lowest BCUT2D eigenvalue weighted by molar-refractivity contribution is -0.0591. The van der Waals surface area contributed by atoms with Crippen molar-refractivity contribution < 1.29 is 24.5 Å². The average Bonchev–Trinajstić information content (AvgIpc) is 2.65. The maximum atomic E-state index is 11.3. The smallest absolute Gasteiger partial charge is 0.336 e. The van der Waals surface area contributed by atoms with Gasteiger partial charge in [0.25, 0.3) is 0 Å². The lowest BCUT2D eigenvalue weighted by Crippen LogP contribution is -2.37. The molecule has 0 bridgehead atoms. The SMILES string of the molecule is C/C(=C\COc1ccc2ccc(=O)oc2c1)C/C=C/[C@](C)(O)CC[C@H](O)C(C)(C)O. The van der Waals surface area contributed by atoms with Crippen molar-refractivity contribution in [1.82, 2.24) is 0 Å². The summed E-state index contributed by atoms with van der Waals surface area (Å²) in [7, 11) is 0. The minimum Gasteiger partial charge on any atom is -0.489 e. The Balaban J connectivity index is 1.82. The quantitative estimate of drug-likeness (QED) is 0.403. The Morgan fingerprint density at radius 1 is 1.20 bits per heavy atom. The number of aliphatic hydroxyl groups excluding tert-OH is 1. The molecule has 0 aliphatic rings. The van der Waals surface area contributed by atoms with Crippen LogP contribution >= 0.6 is 0 Å². The molecule has 1 aromatic carbocycles. The Kier molecular flexibility index (Phi) is 8.01. The molecule has 0 saturated carbocycles. The lowest BCUT2D eigenvalue weighted by Gasteiger charge is -2.27. The fraction of sp³-hybridized carbons (Fsp3) is 0.458. The first-order chi connectivity index (χ1) is 14.0.